The Bertz CT molecular complexity index is 2890. The number of thiophene rings is 2. The number of aromatic nitrogens is 6. The van der Waals surface area contributed by atoms with Crippen LogP contribution < -0.4 is 15.5 Å². The lowest BCUT2D eigenvalue weighted by Gasteiger charge is -2.25. The van der Waals surface area contributed by atoms with Gasteiger partial charge in [0.1, 0.15) is 34.0 Å². The molecule has 4 saturated heterocycles. The molecule has 11 rings (SSSR count). The van der Waals surface area contributed by atoms with Gasteiger partial charge in [-0.15, -0.1) is 22.7 Å². The molecule has 0 radical (unpaired) electrons. The number of fused-ring (bicyclic) bond motifs is 3. The number of hydrogen-bond donors (Lipinski definition) is 1. The van der Waals surface area contributed by atoms with Crippen LogP contribution in [0.5, 0.6) is 0 Å². The van der Waals surface area contributed by atoms with Crippen molar-refractivity contribution in [2.45, 2.75) is 64.0 Å². The number of halogens is 6. The van der Waals surface area contributed by atoms with Gasteiger partial charge in [0.15, 0.2) is 0 Å². The van der Waals surface area contributed by atoms with E-state index in [4.69, 9.17) is 0 Å². The van der Waals surface area contributed by atoms with Gasteiger partial charge >= 0.3 is 18.0 Å². The maximum Gasteiger partial charge on any atom is 0.393 e. The van der Waals surface area contributed by atoms with Crippen molar-refractivity contribution in [2.24, 2.45) is 17.9 Å². The molecule has 2 spiro atoms. The third kappa shape index (κ3) is 9.47. The number of rotatable bonds is 8. The van der Waals surface area contributed by atoms with Gasteiger partial charge in [-0.2, -0.15) is 26.3 Å². The molecule has 0 aliphatic carbocycles. The highest BCUT2D eigenvalue weighted by molar-refractivity contribution is 7.19. The summed E-state index contributed by atoms with van der Waals surface area (Å²) >= 11 is 2.21. The second kappa shape index (κ2) is 17.0. The first kappa shape index (κ1) is 43.8. The number of benzene rings is 2. The van der Waals surface area contributed by atoms with Crippen LogP contribution in [-0.4, -0.2) is 104 Å². The number of imidazole rings is 1. The Balaban J connectivity index is 0.000000155. The minimum Gasteiger partial charge on any atom is -0.355 e. The number of likely N-dealkylation sites (tertiary alicyclic amines) is 2. The largest absolute Gasteiger partial charge is 0.393 e. The van der Waals surface area contributed by atoms with E-state index in [-0.39, 0.29) is 21.4 Å². The van der Waals surface area contributed by atoms with Crippen LogP contribution in [0.15, 0.2) is 78.1 Å². The van der Waals surface area contributed by atoms with E-state index in [2.05, 4.69) is 80.9 Å². The summed E-state index contributed by atoms with van der Waals surface area (Å²) in [6.07, 6.45) is -3.02. The van der Waals surface area contributed by atoms with Gasteiger partial charge in [-0.25, -0.2) is 24.7 Å². The van der Waals surface area contributed by atoms with E-state index in [1.54, 1.807) is 23.7 Å². The standard InChI is InChI=1S/C24H25F3N6OS.C22H23F3N4S/c1-31-19-8-15(2-3-18(19)30-22(31)34)11-32-6-4-23(12-32)5-7-33(13-23)20-17-9-16(10-24(25,26)27)35-21(17)29-14-28-20;23-22(24,25)11-17-10-18-19(26-15-27-20(18)30-17)29-9-7-21(14-29)6-8-28(13-21)12-16-4-2-1-3-5-16/h2-3,8-9,14H,4-7,10-13H2,1H3,(H,30,34);1-5,10,15H,6-9,11-14H2. The smallest absolute Gasteiger partial charge is 0.355 e. The van der Waals surface area contributed by atoms with Crippen LogP contribution in [0.25, 0.3) is 31.5 Å². The number of aryl methyl sites for hydroxylation is 1. The van der Waals surface area contributed by atoms with E-state index in [9.17, 15) is 31.1 Å². The molecule has 9 heterocycles. The Hall–Kier alpha value is -5.11. The van der Waals surface area contributed by atoms with Crippen LogP contribution in [0.3, 0.4) is 0 Å². The quantitative estimate of drug-likeness (QED) is 0.150. The number of alkyl halides is 6. The molecule has 7 aromatic rings. The van der Waals surface area contributed by atoms with Gasteiger partial charge in [-0.1, -0.05) is 36.4 Å². The van der Waals surface area contributed by atoms with Crippen molar-refractivity contribution < 1.29 is 26.3 Å². The summed E-state index contributed by atoms with van der Waals surface area (Å²) in [6.45, 7) is 9.32. The Labute approximate surface area is 378 Å². The number of hydrogen-bond acceptors (Lipinski definition) is 11. The molecule has 0 amide bonds. The fourth-order valence-corrected chi connectivity index (χ4v) is 12.6. The summed E-state index contributed by atoms with van der Waals surface area (Å²) < 4.78 is 78.8. The van der Waals surface area contributed by atoms with E-state index in [0.717, 1.165) is 142 Å². The first-order chi connectivity index (χ1) is 31.1. The third-order valence-electron chi connectivity index (χ3n) is 13.6. The van der Waals surface area contributed by atoms with Crippen molar-refractivity contribution in [1.82, 2.24) is 39.3 Å². The Morgan fingerprint density at radius 3 is 1.66 bits per heavy atom. The SMILES string of the molecule is Cn1c(=O)[nH]c2ccc(CN3CCC4(CCN(c5ncnc6sc(CC(F)(F)F)cc56)C4)C3)cc21.FC(F)(F)Cc1cc2c(N3CCC4(CCN(Cc5ccccc5)C4)C3)ncnc2s1. The highest BCUT2D eigenvalue weighted by atomic mass is 32.1. The number of nitrogens with one attached hydrogen (secondary N) is 1. The molecule has 4 aliphatic rings. The normalized spacial score (nSPS) is 21.9. The highest BCUT2D eigenvalue weighted by Gasteiger charge is 2.45. The molecule has 1 N–H and O–H groups in total. The topological polar surface area (TPSA) is 102 Å². The van der Waals surface area contributed by atoms with E-state index in [1.165, 1.54) is 23.8 Å². The van der Waals surface area contributed by atoms with E-state index >= 15 is 0 Å². The average molecular weight is 935 g/mol. The molecule has 2 aromatic carbocycles. The summed E-state index contributed by atoms with van der Waals surface area (Å²) in [5.74, 6) is 1.52. The van der Waals surface area contributed by atoms with E-state index < -0.39 is 25.2 Å². The van der Waals surface area contributed by atoms with Gasteiger partial charge < -0.3 is 14.8 Å². The minimum absolute atomic E-state index is 0.113. The predicted octanol–water partition coefficient (Wildman–Crippen LogP) is 8.98. The predicted molar refractivity (Wildman–Crippen MR) is 243 cm³/mol. The second-order valence-corrected chi connectivity index (χ2v) is 20.7. The van der Waals surface area contributed by atoms with Crippen molar-refractivity contribution in [3.05, 3.63) is 105 Å². The van der Waals surface area contributed by atoms with Gasteiger partial charge in [0.2, 0.25) is 0 Å². The molecule has 4 aliphatic heterocycles. The first-order valence-corrected chi connectivity index (χ1v) is 23.5. The van der Waals surface area contributed by atoms with Gasteiger partial charge in [-0.05, 0) is 74.2 Å². The maximum atomic E-state index is 12.9. The zero-order valence-electron chi connectivity index (χ0n) is 35.8. The van der Waals surface area contributed by atoms with Crippen LogP contribution in [0.2, 0.25) is 0 Å². The Morgan fingerprint density at radius 2 is 1.14 bits per heavy atom. The molecule has 4 fully saturated rings. The summed E-state index contributed by atoms with van der Waals surface area (Å²) in [6, 6.07) is 19.9. The van der Waals surface area contributed by atoms with Crippen molar-refractivity contribution in [2.75, 3.05) is 62.2 Å². The Kier molecular flexibility index (Phi) is 11.4. The van der Waals surface area contributed by atoms with Crippen molar-refractivity contribution >= 4 is 65.8 Å². The molecule has 2 atom stereocenters. The van der Waals surface area contributed by atoms with E-state index in [1.807, 2.05) is 12.1 Å². The molecular formula is C46H48F6N10OS2. The average Bonchev–Trinajstić information content (AvgIpc) is 4.14. The Morgan fingerprint density at radius 1 is 0.631 bits per heavy atom. The fourth-order valence-electron chi connectivity index (χ4n) is 10.5. The van der Waals surface area contributed by atoms with Gasteiger partial charge in [0.25, 0.3) is 0 Å². The molecule has 0 saturated carbocycles. The van der Waals surface area contributed by atoms with Gasteiger partial charge in [-0.3, -0.25) is 14.4 Å². The van der Waals surface area contributed by atoms with Crippen LogP contribution in [0.4, 0.5) is 38.0 Å². The number of nitrogens with zero attached hydrogens (tertiary/aromatic N) is 9. The third-order valence-corrected chi connectivity index (χ3v) is 15.7. The lowest BCUT2D eigenvalue weighted by molar-refractivity contribution is -0.127. The zero-order valence-corrected chi connectivity index (χ0v) is 37.4. The number of anilines is 2. The van der Waals surface area contributed by atoms with Crippen LogP contribution in [0, 0.1) is 10.8 Å². The summed E-state index contributed by atoms with van der Waals surface area (Å²) in [4.78, 5) is 43.4. The first-order valence-electron chi connectivity index (χ1n) is 21.8. The molecule has 19 heteroatoms. The molecule has 11 nitrogen and oxygen atoms in total. The van der Waals surface area contributed by atoms with E-state index in [0.29, 0.717) is 19.9 Å². The van der Waals surface area contributed by atoms with Crippen molar-refractivity contribution in [3.8, 4) is 0 Å². The molecular weight excluding hydrogens is 887 g/mol. The summed E-state index contributed by atoms with van der Waals surface area (Å²) in [5, 5.41) is 1.46. The highest BCUT2D eigenvalue weighted by Crippen LogP contribution is 2.45. The molecule has 0 bridgehead atoms. The molecule has 65 heavy (non-hydrogen) atoms. The fraction of sp³-hybridized carbons (Fsp3) is 0.457. The summed E-state index contributed by atoms with van der Waals surface area (Å²) in [7, 11) is 1.77. The van der Waals surface area contributed by atoms with Gasteiger partial charge in [0, 0.05) is 80.0 Å². The lowest BCUT2D eigenvalue weighted by Crippen LogP contribution is -2.31. The van der Waals surface area contributed by atoms with Crippen molar-refractivity contribution in [1.29, 1.82) is 0 Å². The second-order valence-electron chi connectivity index (χ2n) is 18.4. The zero-order chi connectivity index (χ0) is 45.1. The van der Waals surface area contributed by atoms with Crippen LogP contribution in [0.1, 0.15) is 46.6 Å². The maximum absolute atomic E-state index is 12.9. The summed E-state index contributed by atoms with van der Waals surface area (Å²) in [5.41, 5.74) is 4.52. The molecule has 5 aromatic heterocycles. The van der Waals surface area contributed by atoms with Gasteiger partial charge in [0.05, 0.1) is 34.6 Å². The van der Waals surface area contributed by atoms with Crippen molar-refractivity contribution in [3.63, 3.8) is 0 Å². The van der Waals surface area contributed by atoms with Crippen LogP contribution >= 0.6 is 22.7 Å². The monoisotopic (exact) mass is 934 g/mol. The molecule has 2 unspecified atom stereocenters. The minimum atomic E-state index is -4.24. The van der Waals surface area contributed by atoms with Crippen LogP contribution in [-0.2, 0) is 33.0 Å². The lowest BCUT2D eigenvalue weighted by atomic mass is 9.86. The number of H-pyrrole nitrogens is 1. The number of aromatic amines is 1. The molecule has 342 valence electrons.